The Bertz CT molecular complexity index is 1880. The number of aliphatic hydroxyl groups excluding tert-OH is 1. The van der Waals surface area contributed by atoms with Gasteiger partial charge in [0.1, 0.15) is 11.8 Å². The summed E-state index contributed by atoms with van der Waals surface area (Å²) >= 11 is 0. The third-order valence-electron chi connectivity index (χ3n) is 11.1. The van der Waals surface area contributed by atoms with E-state index in [0.29, 0.717) is 30.6 Å². The molecule has 12 heteroatoms. The van der Waals surface area contributed by atoms with Crippen LogP contribution in [0.2, 0.25) is 0 Å². The summed E-state index contributed by atoms with van der Waals surface area (Å²) in [4.78, 5) is 43.4. The summed E-state index contributed by atoms with van der Waals surface area (Å²) in [6, 6.07) is 19.7. The van der Waals surface area contributed by atoms with Crippen molar-refractivity contribution in [1.29, 1.82) is 0 Å². The van der Waals surface area contributed by atoms with Gasteiger partial charge < -0.3 is 25.8 Å². The number of β-amino-alcohol motifs (C(OH)–C–C–N with tert-alkyl or cyclic N) is 1. The van der Waals surface area contributed by atoms with Crippen LogP contribution in [0.5, 0.6) is 5.75 Å². The molecule has 1 heterocycles. The Morgan fingerprint density at radius 1 is 0.889 bits per heavy atom. The van der Waals surface area contributed by atoms with Crippen LogP contribution in [0, 0.1) is 11.8 Å². The molecule has 3 aromatic rings. The van der Waals surface area contributed by atoms with Crippen LogP contribution in [0.3, 0.4) is 0 Å². The van der Waals surface area contributed by atoms with E-state index in [0.717, 1.165) is 48.3 Å². The molecule has 2 unspecified atom stereocenters. The molecule has 1 saturated heterocycles. The van der Waals surface area contributed by atoms with Crippen LogP contribution in [0.4, 0.5) is 0 Å². The van der Waals surface area contributed by atoms with Crippen molar-refractivity contribution in [2.75, 3.05) is 26.0 Å². The highest BCUT2D eigenvalue weighted by atomic mass is 32.2. The minimum absolute atomic E-state index is 0.0778. The van der Waals surface area contributed by atoms with E-state index in [-0.39, 0.29) is 18.9 Å². The van der Waals surface area contributed by atoms with Gasteiger partial charge in [-0.1, -0.05) is 79.9 Å². The molecule has 0 radical (unpaired) electrons. The standard InChI is InChI=1S/C42H58N4O7S/c1-41(2,3)45-39(49)35-24-31-18-12-13-19-32(31)25-46(35)26-36(47)34(22-28-14-8-7-9-15-28)43-40(50)38(42(4,5)54(6,51)52)44-37(48)27-53-33-21-20-29-16-10-11-17-30(29)23-33/h7-11,14-17,20-21,23,31-32,34-36,38,47H,12-13,18-19,22,24-27H2,1-6H3,(H,43,50)(H,44,48)(H,45,49)/t31?,32?,34-,35-,36+,38+/m0/s1. The lowest BCUT2D eigenvalue weighted by Crippen LogP contribution is -2.64. The Morgan fingerprint density at radius 3 is 2.20 bits per heavy atom. The lowest BCUT2D eigenvalue weighted by atomic mass is 9.72. The Hall–Kier alpha value is -4.00. The number of carbonyl (C=O) groups is 3. The van der Waals surface area contributed by atoms with Gasteiger partial charge in [0, 0.05) is 24.9 Å². The fourth-order valence-electron chi connectivity index (χ4n) is 7.79. The summed E-state index contributed by atoms with van der Waals surface area (Å²) < 4.78 is 30.3. The molecule has 1 aliphatic carbocycles. The number of amides is 3. The van der Waals surface area contributed by atoms with Gasteiger partial charge >= 0.3 is 0 Å². The largest absolute Gasteiger partial charge is 0.484 e. The fraction of sp³-hybridized carbons (Fsp3) is 0.548. The molecule has 5 rings (SSSR count). The van der Waals surface area contributed by atoms with Gasteiger partial charge in [-0.2, -0.15) is 0 Å². The maximum absolute atomic E-state index is 14.3. The third kappa shape index (κ3) is 10.6. The molecule has 11 nitrogen and oxygen atoms in total. The van der Waals surface area contributed by atoms with Gasteiger partial charge in [0.25, 0.3) is 5.91 Å². The highest BCUT2D eigenvalue weighted by Crippen LogP contribution is 2.39. The zero-order chi connectivity index (χ0) is 39.3. The molecule has 3 amide bonds. The second-order valence-electron chi connectivity index (χ2n) is 16.8. The van der Waals surface area contributed by atoms with Crippen molar-refractivity contribution in [2.24, 2.45) is 11.8 Å². The Balaban J connectivity index is 1.36. The van der Waals surface area contributed by atoms with Gasteiger partial charge in [-0.05, 0) is 94.2 Å². The zero-order valence-electron chi connectivity index (χ0n) is 32.5. The van der Waals surface area contributed by atoms with Gasteiger partial charge in [0.05, 0.1) is 22.9 Å². The van der Waals surface area contributed by atoms with Crippen LogP contribution in [0.25, 0.3) is 10.8 Å². The van der Waals surface area contributed by atoms with Crippen molar-refractivity contribution >= 4 is 38.3 Å². The predicted octanol–water partition coefficient (Wildman–Crippen LogP) is 4.41. The maximum Gasteiger partial charge on any atom is 0.258 e. The number of fused-ring (bicyclic) bond motifs is 2. The molecule has 0 aromatic heterocycles. The van der Waals surface area contributed by atoms with E-state index in [1.807, 2.05) is 81.4 Å². The van der Waals surface area contributed by atoms with Crippen LogP contribution in [-0.2, 0) is 30.6 Å². The molecule has 1 saturated carbocycles. The number of carbonyl (C=O) groups excluding carboxylic acids is 3. The monoisotopic (exact) mass is 762 g/mol. The summed E-state index contributed by atoms with van der Waals surface area (Å²) in [5, 5.41) is 22.6. The maximum atomic E-state index is 14.3. The Kier molecular flexibility index (Phi) is 13.1. The Morgan fingerprint density at radius 2 is 1.54 bits per heavy atom. The number of nitrogens with one attached hydrogen (secondary N) is 3. The van der Waals surface area contributed by atoms with E-state index >= 15 is 0 Å². The molecular weight excluding hydrogens is 705 g/mol. The van der Waals surface area contributed by atoms with E-state index in [4.69, 9.17) is 4.74 Å². The lowest BCUT2D eigenvalue weighted by molar-refractivity contribution is -0.133. The summed E-state index contributed by atoms with van der Waals surface area (Å²) in [7, 11) is -3.90. The van der Waals surface area contributed by atoms with Crippen molar-refractivity contribution in [1.82, 2.24) is 20.9 Å². The summed E-state index contributed by atoms with van der Waals surface area (Å²) in [5.74, 6) is -0.203. The highest BCUT2D eigenvalue weighted by molar-refractivity contribution is 7.92. The quantitative estimate of drug-likeness (QED) is 0.189. The first-order valence-corrected chi connectivity index (χ1v) is 21.0. The third-order valence-corrected chi connectivity index (χ3v) is 13.3. The first kappa shape index (κ1) is 41.2. The van der Waals surface area contributed by atoms with E-state index in [9.17, 15) is 27.9 Å². The van der Waals surface area contributed by atoms with Crippen LogP contribution < -0.4 is 20.7 Å². The van der Waals surface area contributed by atoms with E-state index in [1.54, 1.807) is 12.1 Å². The molecule has 4 N–H and O–H groups in total. The second-order valence-corrected chi connectivity index (χ2v) is 19.4. The first-order valence-electron chi connectivity index (χ1n) is 19.1. The second kappa shape index (κ2) is 17.2. The molecule has 294 valence electrons. The summed E-state index contributed by atoms with van der Waals surface area (Å²) in [6.45, 7) is 8.97. The first-order chi connectivity index (χ1) is 25.4. The number of hydrogen-bond donors (Lipinski definition) is 4. The molecular formula is C42H58N4O7S. The van der Waals surface area contributed by atoms with Crippen LogP contribution in [0.1, 0.15) is 72.3 Å². The molecule has 1 aliphatic heterocycles. The average molecular weight is 763 g/mol. The number of rotatable bonds is 14. The van der Waals surface area contributed by atoms with Gasteiger partial charge in [0.15, 0.2) is 16.4 Å². The smallest absolute Gasteiger partial charge is 0.258 e. The minimum Gasteiger partial charge on any atom is -0.484 e. The highest BCUT2D eigenvalue weighted by Gasteiger charge is 2.46. The summed E-state index contributed by atoms with van der Waals surface area (Å²) in [6.07, 6.45) is 5.28. The Labute approximate surface area is 320 Å². The number of ether oxygens (including phenoxy) is 1. The predicted molar refractivity (Wildman–Crippen MR) is 212 cm³/mol. The molecule has 54 heavy (non-hydrogen) atoms. The molecule has 0 spiro atoms. The van der Waals surface area contributed by atoms with Crippen molar-refractivity contribution < 1.29 is 32.6 Å². The van der Waals surface area contributed by atoms with Crippen molar-refractivity contribution in [3.63, 3.8) is 0 Å². The molecule has 2 aliphatic rings. The molecule has 6 atom stereocenters. The van der Waals surface area contributed by atoms with Gasteiger partial charge in [-0.15, -0.1) is 0 Å². The molecule has 2 fully saturated rings. The fourth-order valence-corrected chi connectivity index (χ4v) is 8.38. The van der Waals surface area contributed by atoms with Gasteiger partial charge in [-0.3, -0.25) is 19.3 Å². The van der Waals surface area contributed by atoms with E-state index in [2.05, 4.69) is 20.9 Å². The number of benzene rings is 3. The van der Waals surface area contributed by atoms with Crippen LogP contribution >= 0.6 is 0 Å². The lowest BCUT2D eigenvalue weighted by Gasteiger charge is -2.47. The number of nitrogens with zero attached hydrogens (tertiary/aromatic N) is 1. The normalized spacial score (nSPS) is 21.3. The van der Waals surface area contributed by atoms with E-state index in [1.165, 1.54) is 13.8 Å². The molecule has 3 aromatic carbocycles. The molecule has 0 bridgehead atoms. The van der Waals surface area contributed by atoms with Gasteiger partial charge in [-0.25, -0.2) is 8.42 Å². The number of likely N-dealkylation sites (tertiary alicyclic amines) is 1. The average Bonchev–Trinajstić information content (AvgIpc) is 3.11. The van der Waals surface area contributed by atoms with Crippen LogP contribution in [-0.4, -0.2) is 96.6 Å². The zero-order valence-corrected chi connectivity index (χ0v) is 33.3. The number of piperidine rings is 1. The topological polar surface area (TPSA) is 154 Å². The number of sulfone groups is 1. The van der Waals surface area contributed by atoms with Crippen molar-refractivity contribution in [3.8, 4) is 5.75 Å². The number of hydrogen-bond acceptors (Lipinski definition) is 8. The van der Waals surface area contributed by atoms with Gasteiger partial charge in [0.2, 0.25) is 11.8 Å². The number of aliphatic hydroxyl groups is 1. The summed E-state index contributed by atoms with van der Waals surface area (Å²) in [5.41, 5.74) is 0.419. The van der Waals surface area contributed by atoms with Crippen molar-refractivity contribution in [3.05, 3.63) is 78.4 Å². The minimum atomic E-state index is -3.90. The van der Waals surface area contributed by atoms with E-state index < -0.39 is 62.8 Å². The van der Waals surface area contributed by atoms with Crippen LogP contribution in [0.15, 0.2) is 72.8 Å². The SMILES string of the molecule is CC(C)(C)NC(=O)[C@@H]1CC2CCCCC2CN1C[C@@H](O)[C@H](Cc1ccccc1)NC(=O)[C@@H](NC(=O)COc1ccc2ccccc2c1)C(C)(C)S(C)(=O)=O. The van der Waals surface area contributed by atoms with Crippen molar-refractivity contribution in [2.45, 2.75) is 108 Å².